The molecule has 0 aromatic rings. The molecule has 13 heavy (non-hydrogen) atoms. The van der Waals surface area contributed by atoms with Crippen molar-refractivity contribution in [2.75, 3.05) is 7.11 Å². The number of carbonyl (C=O) groups excluding carboxylic acids is 2. The third-order valence-electron chi connectivity index (χ3n) is 2.80. The summed E-state index contributed by atoms with van der Waals surface area (Å²) in [6, 6.07) is 0.0416. The first kappa shape index (κ1) is 8.53. The Kier molecular flexibility index (Phi) is 1.98. The van der Waals surface area contributed by atoms with Gasteiger partial charge in [0.1, 0.15) is 0 Å². The van der Waals surface area contributed by atoms with Crippen LogP contribution in [-0.4, -0.2) is 25.0 Å². The van der Waals surface area contributed by atoms with Gasteiger partial charge < -0.3 is 10.1 Å². The van der Waals surface area contributed by atoms with E-state index in [1.54, 1.807) is 0 Å². The van der Waals surface area contributed by atoms with Crippen molar-refractivity contribution in [3.05, 3.63) is 0 Å². The molecule has 2 atom stereocenters. The van der Waals surface area contributed by atoms with Gasteiger partial charge in [-0.3, -0.25) is 9.59 Å². The van der Waals surface area contributed by atoms with Crippen molar-refractivity contribution in [3.8, 4) is 0 Å². The van der Waals surface area contributed by atoms with Gasteiger partial charge in [-0.15, -0.1) is 0 Å². The molecule has 0 bridgehead atoms. The zero-order chi connectivity index (χ0) is 9.42. The summed E-state index contributed by atoms with van der Waals surface area (Å²) in [5, 5.41) is 2.84. The number of hydrogen-bond acceptors (Lipinski definition) is 3. The zero-order valence-corrected chi connectivity index (χ0v) is 7.58. The number of hydrogen-bond donors (Lipinski definition) is 1. The predicted octanol–water partition coefficient (Wildman–Crippen LogP) is 0.0741. The Balaban J connectivity index is 2.06. The molecule has 0 aromatic heterocycles. The summed E-state index contributed by atoms with van der Waals surface area (Å²) in [4.78, 5) is 22.4. The normalized spacial score (nSPS) is 32.8. The largest absolute Gasteiger partial charge is 0.469 e. The van der Waals surface area contributed by atoms with Crippen LogP contribution in [0.4, 0.5) is 0 Å². The molecule has 2 fully saturated rings. The van der Waals surface area contributed by atoms with E-state index in [0.717, 1.165) is 12.8 Å². The van der Waals surface area contributed by atoms with E-state index in [9.17, 15) is 9.59 Å². The molecule has 1 N–H and O–H groups in total. The highest BCUT2D eigenvalue weighted by Crippen LogP contribution is 2.39. The molecule has 2 aliphatic rings. The summed E-state index contributed by atoms with van der Waals surface area (Å²) in [5.74, 6) is -0.0110. The Labute approximate surface area is 76.6 Å². The second-order valence-corrected chi connectivity index (χ2v) is 3.76. The fourth-order valence-corrected chi connectivity index (χ4v) is 1.96. The minimum atomic E-state index is -0.254. The highest BCUT2D eigenvalue weighted by Gasteiger charge is 2.46. The van der Waals surface area contributed by atoms with Crippen LogP contribution in [-0.2, 0) is 14.3 Å². The molecule has 72 valence electrons. The Morgan fingerprint density at radius 1 is 1.54 bits per heavy atom. The van der Waals surface area contributed by atoms with Gasteiger partial charge in [0.05, 0.1) is 13.0 Å². The maximum Gasteiger partial charge on any atom is 0.311 e. The van der Waals surface area contributed by atoms with Crippen molar-refractivity contribution in [1.82, 2.24) is 5.32 Å². The lowest BCUT2D eigenvalue weighted by Gasteiger charge is -2.15. The van der Waals surface area contributed by atoms with E-state index >= 15 is 0 Å². The number of rotatable bonds is 2. The SMILES string of the molecule is COC(=O)C1CC(=O)NC1C1CC1. The van der Waals surface area contributed by atoms with Gasteiger partial charge in [0.25, 0.3) is 0 Å². The van der Waals surface area contributed by atoms with Crippen molar-refractivity contribution in [2.24, 2.45) is 11.8 Å². The van der Waals surface area contributed by atoms with E-state index in [1.807, 2.05) is 0 Å². The van der Waals surface area contributed by atoms with Crippen LogP contribution in [0.2, 0.25) is 0 Å². The van der Waals surface area contributed by atoms with Crippen LogP contribution in [0.25, 0.3) is 0 Å². The van der Waals surface area contributed by atoms with Crippen molar-refractivity contribution in [2.45, 2.75) is 25.3 Å². The third kappa shape index (κ3) is 1.53. The molecule has 4 nitrogen and oxygen atoms in total. The van der Waals surface area contributed by atoms with Gasteiger partial charge in [0.15, 0.2) is 0 Å². The smallest absolute Gasteiger partial charge is 0.311 e. The lowest BCUT2D eigenvalue weighted by molar-refractivity contribution is -0.146. The van der Waals surface area contributed by atoms with Crippen LogP contribution in [0.3, 0.4) is 0 Å². The quantitative estimate of drug-likeness (QED) is 0.616. The van der Waals surface area contributed by atoms with E-state index in [4.69, 9.17) is 0 Å². The van der Waals surface area contributed by atoms with Crippen molar-refractivity contribution in [3.63, 3.8) is 0 Å². The van der Waals surface area contributed by atoms with Crippen molar-refractivity contribution < 1.29 is 14.3 Å². The molecular formula is C9H13NO3. The molecule has 1 heterocycles. The van der Waals surface area contributed by atoms with Gasteiger partial charge in [0, 0.05) is 12.5 Å². The standard InChI is InChI=1S/C9H13NO3/c1-13-9(12)6-4-7(11)10-8(6)5-2-3-5/h5-6,8H,2-4H2,1H3,(H,10,11). The molecule has 1 aliphatic heterocycles. The second-order valence-electron chi connectivity index (χ2n) is 3.76. The van der Waals surface area contributed by atoms with E-state index < -0.39 is 0 Å². The number of ether oxygens (including phenoxy) is 1. The fraction of sp³-hybridized carbons (Fsp3) is 0.778. The molecule has 0 spiro atoms. The van der Waals surface area contributed by atoms with Gasteiger partial charge in [-0.1, -0.05) is 0 Å². The molecule has 0 aromatic carbocycles. The minimum Gasteiger partial charge on any atom is -0.469 e. The summed E-state index contributed by atoms with van der Waals surface area (Å²) >= 11 is 0. The van der Waals surface area contributed by atoms with Gasteiger partial charge in [-0.25, -0.2) is 0 Å². The number of methoxy groups -OCH3 is 1. The van der Waals surface area contributed by atoms with Crippen LogP contribution >= 0.6 is 0 Å². The fourth-order valence-electron chi connectivity index (χ4n) is 1.96. The first-order valence-electron chi connectivity index (χ1n) is 4.59. The zero-order valence-electron chi connectivity index (χ0n) is 7.58. The summed E-state index contributed by atoms with van der Waals surface area (Å²) in [7, 11) is 1.37. The van der Waals surface area contributed by atoms with E-state index in [-0.39, 0.29) is 23.8 Å². The lowest BCUT2D eigenvalue weighted by Crippen LogP contribution is -2.34. The molecular weight excluding hydrogens is 170 g/mol. The molecule has 1 aliphatic carbocycles. The molecule has 1 saturated carbocycles. The number of amides is 1. The second kappa shape index (κ2) is 3.01. The number of nitrogens with one attached hydrogen (secondary N) is 1. The Morgan fingerprint density at radius 2 is 2.23 bits per heavy atom. The van der Waals surface area contributed by atoms with Crippen molar-refractivity contribution in [1.29, 1.82) is 0 Å². The van der Waals surface area contributed by atoms with Gasteiger partial charge in [-0.2, -0.15) is 0 Å². The monoisotopic (exact) mass is 183 g/mol. The van der Waals surface area contributed by atoms with Crippen molar-refractivity contribution >= 4 is 11.9 Å². The average Bonchev–Trinajstić information content (AvgIpc) is 2.89. The average molecular weight is 183 g/mol. The van der Waals surface area contributed by atoms with Crippen LogP contribution < -0.4 is 5.32 Å². The Hall–Kier alpha value is -1.06. The van der Waals surface area contributed by atoms with Gasteiger partial charge >= 0.3 is 5.97 Å². The van der Waals surface area contributed by atoms with Crippen LogP contribution in [0, 0.1) is 11.8 Å². The van der Waals surface area contributed by atoms with E-state index in [0.29, 0.717) is 12.3 Å². The summed E-state index contributed by atoms with van der Waals surface area (Å²) < 4.78 is 4.66. The van der Waals surface area contributed by atoms with E-state index in [1.165, 1.54) is 7.11 Å². The topological polar surface area (TPSA) is 55.4 Å². The molecule has 2 rings (SSSR count). The summed E-state index contributed by atoms with van der Waals surface area (Å²) in [5.41, 5.74) is 0. The number of esters is 1. The lowest BCUT2D eigenvalue weighted by atomic mass is 9.97. The first-order valence-corrected chi connectivity index (χ1v) is 4.59. The van der Waals surface area contributed by atoms with E-state index in [2.05, 4.69) is 10.1 Å². The van der Waals surface area contributed by atoms with Gasteiger partial charge in [-0.05, 0) is 18.8 Å². The molecule has 1 amide bonds. The molecule has 2 unspecified atom stereocenters. The Bertz CT molecular complexity index is 247. The summed E-state index contributed by atoms with van der Waals surface area (Å²) in [6.07, 6.45) is 2.55. The predicted molar refractivity (Wildman–Crippen MR) is 44.8 cm³/mol. The summed E-state index contributed by atoms with van der Waals surface area (Å²) in [6.45, 7) is 0. The first-order chi connectivity index (χ1) is 6.22. The van der Waals surface area contributed by atoms with Crippen LogP contribution in [0.5, 0.6) is 0 Å². The van der Waals surface area contributed by atoms with Crippen LogP contribution in [0.15, 0.2) is 0 Å². The molecule has 1 saturated heterocycles. The third-order valence-corrected chi connectivity index (χ3v) is 2.80. The maximum atomic E-state index is 11.3. The van der Waals surface area contributed by atoms with Gasteiger partial charge in [0.2, 0.25) is 5.91 Å². The number of carbonyl (C=O) groups is 2. The van der Waals surface area contributed by atoms with Crippen LogP contribution in [0.1, 0.15) is 19.3 Å². The highest BCUT2D eigenvalue weighted by molar-refractivity contribution is 5.87. The Morgan fingerprint density at radius 3 is 2.77 bits per heavy atom. The minimum absolute atomic E-state index is 0.0210. The molecule has 4 heteroatoms. The maximum absolute atomic E-state index is 11.3. The molecule has 0 radical (unpaired) electrons. The highest BCUT2D eigenvalue weighted by atomic mass is 16.5.